The molecule has 0 spiro atoms. The molecule has 10 nitrogen and oxygen atoms in total. The van der Waals surface area contributed by atoms with Crippen molar-refractivity contribution in [2.45, 2.75) is 61.0 Å². The number of thioether (sulfide) groups is 1. The van der Waals surface area contributed by atoms with Crippen LogP contribution in [0.15, 0.2) is 28.3 Å². The third-order valence-corrected chi connectivity index (χ3v) is 9.01. The number of hydrogen-bond donors (Lipinski definition) is 0. The zero-order chi connectivity index (χ0) is 22.1. The van der Waals surface area contributed by atoms with E-state index in [1.165, 1.54) is 17.1 Å². The molecule has 0 atom stereocenters. The van der Waals surface area contributed by atoms with Crippen molar-refractivity contribution >= 4 is 32.8 Å². The van der Waals surface area contributed by atoms with E-state index in [4.69, 9.17) is 9.72 Å². The van der Waals surface area contributed by atoms with Crippen molar-refractivity contribution < 1.29 is 13.2 Å². The Labute approximate surface area is 191 Å². The van der Waals surface area contributed by atoms with Gasteiger partial charge in [-0.15, -0.1) is 5.10 Å². The van der Waals surface area contributed by atoms with Crippen LogP contribution in [0, 0.1) is 0 Å². The highest BCUT2D eigenvalue weighted by Crippen LogP contribution is 2.33. The van der Waals surface area contributed by atoms with Crippen molar-refractivity contribution in [1.82, 2.24) is 34.1 Å². The van der Waals surface area contributed by atoms with E-state index in [0.717, 1.165) is 35.9 Å². The van der Waals surface area contributed by atoms with Crippen molar-refractivity contribution in [1.29, 1.82) is 0 Å². The molecule has 0 N–H and O–H groups in total. The predicted molar refractivity (Wildman–Crippen MR) is 120 cm³/mol. The van der Waals surface area contributed by atoms with Crippen LogP contribution < -0.4 is 0 Å². The molecule has 1 saturated heterocycles. The summed E-state index contributed by atoms with van der Waals surface area (Å²) in [6.07, 6.45) is 4.67. The van der Waals surface area contributed by atoms with Crippen molar-refractivity contribution in [2.24, 2.45) is 0 Å². The zero-order valence-electron chi connectivity index (χ0n) is 18.1. The van der Waals surface area contributed by atoms with Gasteiger partial charge in [0.15, 0.2) is 0 Å². The fourth-order valence-corrected chi connectivity index (χ4v) is 6.83. The van der Waals surface area contributed by atoms with Crippen LogP contribution in [-0.2, 0) is 27.1 Å². The fourth-order valence-electron chi connectivity index (χ4n) is 4.51. The first-order chi connectivity index (χ1) is 15.6. The molecule has 1 aliphatic carbocycles. The van der Waals surface area contributed by atoms with Crippen LogP contribution in [0.3, 0.4) is 0 Å². The van der Waals surface area contributed by atoms with Gasteiger partial charge in [-0.05, 0) is 48.4 Å². The van der Waals surface area contributed by atoms with E-state index in [0.29, 0.717) is 43.6 Å². The van der Waals surface area contributed by atoms with Gasteiger partial charge in [0.1, 0.15) is 5.82 Å². The highest BCUT2D eigenvalue weighted by atomic mass is 32.2. The van der Waals surface area contributed by atoms with Crippen LogP contribution in [0.2, 0.25) is 0 Å². The first kappa shape index (κ1) is 21.8. The van der Waals surface area contributed by atoms with E-state index in [-0.39, 0.29) is 4.90 Å². The van der Waals surface area contributed by atoms with E-state index in [1.807, 2.05) is 10.7 Å². The number of sulfonamides is 1. The summed E-state index contributed by atoms with van der Waals surface area (Å²) in [6, 6.07) is 5.60. The summed E-state index contributed by atoms with van der Waals surface area (Å²) in [6.45, 7) is 4.41. The number of benzene rings is 1. The number of fused-ring (bicyclic) bond motifs is 1. The lowest BCUT2D eigenvalue weighted by Crippen LogP contribution is -2.40. The molecule has 0 bridgehead atoms. The van der Waals surface area contributed by atoms with Crippen LogP contribution in [0.1, 0.15) is 44.5 Å². The minimum atomic E-state index is -3.56. The molecule has 3 heterocycles. The average Bonchev–Trinajstić information content (AvgIpc) is 3.56. The predicted octanol–water partition coefficient (Wildman–Crippen LogP) is 2.47. The van der Waals surface area contributed by atoms with Gasteiger partial charge in [-0.2, -0.15) is 4.31 Å². The van der Waals surface area contributed by atoms with Gasteiger partial charge in [0.2, 0.25) is 15.2 Å². The van der Waals surface area contributed by atoms with Crippen molar-refractivity contribution in [2.75, 3.05) is 26.3 Å². The smallest absolute Gasteiger partial charge is 0.243 e. The van der Waals surface area contributed by atoms with Crippen LogP contribution in [0.25, 0.3) is 11.0 Å². The molecule has 0 unspecified atom stereocenters. The minimum Gasteiger partial charge on any atom is -0.379 e. The molecule has 2 aromatic heterocycles. The van der Waals surface area contributed by atoms with E-state index >= 15 is 0 Å². The normalized spacial score (nSPS) is 18.7. The Hall–Kier alpha value is -2.02. The molecule has 2 aliphatic rings. The third-order valence-electron chi connectivity index (χ3n) is 6.19. The van der Waals surface area contributed by atoms with Gasteiger partial charge in [-0.1, -0.05) is 24.6 Å². The number of ether oxygens (including phenoxy) is 1. The fraction of sp³-hybridized carbons (Fsp3) is 0.600. The number of aromatic nitrogens is 6. The highest BCUT2D eigenvalue weighted by Gasteiger charge is 2.27. The number of imidazole rings is 1. The Kier molecular flexibility index (Phi) is 6.19. The van der Waals surface area contributed by atoms with Gasteiger partial charge in [-0.25, -0.2) is 18.1 Å². The lowest BCUT2D eigenvalue weighted by atomic mass is 10.3. The monoisotopic (exact) mass is 477 g/mol. The van der Waals surface area contributed by atoms with Crippen molar-refractivity contribution in [3.8, 4) is 0 Å². The van der Waals surface area contributed by atoms with Gasteiger partial charge in [0, 0.05) is 19.6 Å². The van der Waals surface area contributed by atoms with Crippen LogP contribution in [-0.4, -0.2) is 68.8 Å². The Morgan fingerprint density at radius 3 is 2.72 bits per heavy atom. The molecule has 1 aliphatic heterocycles. The number of nitrogens with zero attached hydrogens (tertiary/aromatic N) is 7. The molecule has 32 heavy (non-hydrogen) atoms. The number of hydrogen-bond acceptors (Lipinski definition) is 8. The molecule has 5 rings (SSSR count). The molecular formula is C20H27N7O3S2. The quantitative estimate of drug-likeness (QED) is 0.478. The summed E-state index contributed by atoms with van der Waals surface area (Å²) < 4.78 is 36.9. The molecule has 0 radical (unpaired) electrons. The lowest BCUT2D eigenvalue weighted by Gasteiger charge is -2.26. The van der Waals surface area contributed by atoms with Crippen LogP contribution in [0.5, 0.6) is 0 Å². The molecule has 172 valence electrons. The Balaban J connectivity index is 1.40. The summed E-state index contributed by atoms with van der Waals surface area (Å²) in [5, 5.41) is 13.1. The van der Waals surface area contributed by atoms with Crippen LogP contribution >= 0.6 is 11.8 Å². The van der Waals surface area contributed by atoms with Gasteiger partial charge >= 0.3 is 0 Å². The second-order valence-corrected chi connectivity index (χ2v) is 11.0. The molecule has 1 saturated carbocycles. The highest BCUT2D eigenvalue weighted by molar-refractivity contribution is 7.98. The van der Waals surface area contributed by atoms with Crippen molar-refractivity contribution in [3.63, 3.8) is 0 Å². The largest absolute Gasteiger partial charge is 0.379 e. The topological polar surface area (TPSA) is 108 Å². The molecule has 3 aromatic rings. The maximum atomic E-state index is 13.0. The van der Waals surface area contributed by atoms with Gasteiger partial charge in [-0.3, -0.25) is 0 Å². The van der Waals surface area contributed by atoms with Crippen molar-refractivity contribution in [3.05, 3.63) is 24.0 Å². The number of aryl methyl sites for hydroxylation is 1. The summed E-state index contributed by atoms with van der Waals surface area (Å²) >= 11 is 1.57. The van der Waals surface area contributed by atoms with Gasteiger partial charge in [0.25, 0.3) is 0 Å². The third kappa shape index (κ3) is 4.04. The first-order valence-corrected chi connectivity index (χ1v) is 13.5. The zero-order valence-corrected chi connectivity index (χ0v) is 19.7. The number of tetrazole rings is 1. The summed E-state index contributed by atoms with van der Waals surface area (Å²) in [7, 11) is -3.56. The molecule has 2 fully saturated rings. The van der Waals surface area contributed by atoms with Gasteiger partial charge < -0.3 is 9.30 Å². The maximum absolute atomic E-state index is 13.0. The summed E-state index contributed by atoms with van der Waals surface area (Å²) in [4.78, 5) is 5.06. The SMILES string of the molecule is CCn1c(CSc2nnnn2C2CCCC2)nc2cc(S(=O)(=O)N3CCOCC3)ccc21. The average molecular weight is 478 g/mol. The van der Waals surface area contributed by atoms with Crippen LogP contribution in [0.4, 0.5) is 0 Å². The van der Waals surface area contributed by atoms with Gasteiger partial charge in [0.05, 0.1) is 40.9 Å². The maximum Gasteiger partial charge on any atom is 0.243 e. The summed E-state index contributed by atoms with van der Waals surface area (Å²) in [5.74, 6) is 1.50. The second kappa shape index (κ2) is 9.08. The lowest BCUT2D eigenvalue weighted by molar-refractivity contribution is 0.0730. The summed E-state index contributed by atoms with van der Waals surface area (Å²) in [5.41, 5.74) is 1.62. The number of rotatable bonds is 7. The van der Waals surface area contributed by atoms with E-state index in [1.54, 1.807) is 23.9 Å². The molecular weight excluding hydrogens is 450 g/mol. The minimum absolute atomic E-state index is 0.275. The van der Waals surface area contributed by atoms with E-state index in [2.05, 4.69) is 27.0 Å². The second-order valence-electron chi connectivity index (χ2n) is 8.07. The molecule has 1 aromatic carbocycles. The first-order valence-electron chi connectivity index (χ1n) is 11.1. The van der Waals surface area contributed by atoms with E-state index in [9.17, 15) is 8.42 Å². The molecule has 0 amide bonds. The Bertz CT molecular complexity index is 1200. The number of morpholine rings is 1. The van der Waals surface area contributed by atoms with E-state index < -0.39 is 10.0 Å². The molecule has 12 heteroatoms. The standard InChI is InChI=1S/C20H27N7O3S2/c1-2-26-18-8-7-16(32(28,29)25-9-11-30-12-10-25)13-17(18)21-19(26)14-31-20-22-23-24-27(20)15-5-3-4-6-15/h7-8,13,15H,2-6,9-12,14H2,1H3. The Morgan fingerprint density at radius 2 is 1.97 bits per heavy atom. The Morgan fingerprint density at radius 1 is 1.19 bits per heavy atom.